The highest BCUT2D eigenvalue weighted by atomic mass is 16.5. The molecular formula is C25H28N4O5. The minimum Gasteiger partial charge on any atom is -0.493 e. The molecule has 0 aliphatic heterocycles. The normalized spacial score (nSPS) is 11.4. The zero-order chi connectivity index (χ0) is 24.4. The molecule has 178 valence electrons. The van der Waals surface area contributed by atoms with E-state index in [1.807, 2.05) is 25.1 Å². The van der Waals surface area contributed by atoms with Gasteiger partial charge in [-0.1, -0.05) is 25.5 Å². The first kappa shape index (κ1) is 23.3. The molecule has 0 fully saturated rings. The van der Waals surface area contributed by atoms with Gasteiger partial charge in [-0.15, -0.1) is 10.2 Å². The average Bonchev–Trinajstić information content (AvgIpc) is 3.25. The fourth-order valence-corrected chi connectivity index (χ4v) is 3.68. The number of benzene rings is 2. The highest BCUT2D eigenvalue weighted by molar-refractivity contribution is 5.90. The molecule has 4 rings (SSSR count). The molecule has 0 atom stereocenters. The summed E-state index contributed by atoms with van der Waals surface area (Å²) in [6.07, 6.45) is 0.916. The molecule has 2 aromatic heterocycles. The molecule has 0 amide bonds. The highest BCUT2D eigenvalue weighted by Crippen LogP contribution is 2.29. The number of aryl methyl sites for hydroxylation is 2. The second-order valence-corrected chi connectivity index (χ2v) is 8.61. The third-order valence-electron chi connectivity index (χ3n) is 5.63. The summed E-state index contributed by atoms with van der Waals surface area (Å²) in [5.74, 6) is 1.81. The summed E-state index contributed by atoms with van der Waals surface area (Å²) in [6.45, 7) is 6.63. The van der Waals surface area contributed by atoms with Crippen LogP contribution in [0.1, 0.15) is 42.0 Å². The number of aromatic nitrogens is 4. The van der Waals surface area contributed by atoms with Gasteiger partial charge in [0.15, 0.2) is 23.9 Å². The molecule has 0 aliphatic carbocycles. The van der Waals surface area contributed by atoms with Crippen LogP contribution in [-0.4, -0.2) is 38.9 Å². The van der Waals surface area contributed by atoms with Crippen LogP contribution in [0.25, 0.3) is 16.7 Å². The Morgan fingerprint density at radius 2 is 1.88 bits per heavy atom. The lowest BCUT2D eigenvalue weighted by molar-refractivity contribution is 0.0461. The first-order valence-corrected chi connectivity index (χ1v) is 11.1. The Morgan fingerprint density at radius 1 is 1.09 bits per heavy atom. The van der Waals surface area contributed by atoms with E-state index in [1.54, 1.807) is 29.6 Å². The van der Waals surface area contributed by atoms with Crippen molar-refractivity contribution in [3.05, 3.63) is 63.7 Å². The van der Waals surface area contributed by atoms with E-state index in [0.717, 1.165) is 12.0 Å². The van der Waals surface area contributed by atoms with Crippen LogP contribution in [0, 0.1) is 12.8 Å². The summed E-state index contributed by atoms with van der Waals surface area (Å²) >= 11 is 0. The number of nitrogens with zero attached hydrogens (tertiary/aromatic N) is 4. The van der Waals surface area contributed by atoms with E-state index >= 15 is 0 Å². The van der Waals surface area contributed by atoms with Crippen LogP contribution < -0.4 is 15.0 Å². The molecule has 9 nitrogen and oxygen atoms in total. The van der Waals surface area contributed by atoms with E-state index in [0.29, 0.717) is 52.1 Å². The van der Waals surface area contributed by atoms with E-state index in [2.05, 4.69) is 24.0 Å². The van der Waals surface area contributed by atoms with Gasteiger partial charge in [0.1, 0.15) is 0 Å². The van der Waals surface area contributed by atoms with Crippen LogP contribution in [0.5, 0.6) is 11.5 Å². The molecule has 4 aromatic rings. The van der Waals surface area contributed by atoms with Gasteiger partial charge in [0.05, 0.1) is 30.2 Å². The van der Waals surface area contributed by atoms with Crippen molar-refractivity contribution in [3.8, 4) is 11.5 Å². The summed E-state index contributed by atoms with van der Waals surface area (Å²) in [7, 11) is 3.17. The Morgan fingerprint density at radius 3 is 2.62 bits per heavy atom. The highest BCUT2D eigenvalue weighted by Gasteiger charge is 2.18. The van der Waals surface area contributed by atoms with Gasteiger partial charge in [0.2, 0.25) is 5.78 Å². The molecule has 0 N–H and O–H groups in total. The predicted octanol–water partition coefficient (Wildman–Crippen LogP) is 3.68. The van der Waals surface area contributed by atoms with Gasteiger partial charge in [-0.25, -0.2) is 4.79 Å². The van der Waals surface area contributed by atoms with Gasteiger partial charge in [-0.2, -0.15) is 0 Å². The Balaban J connectivity index is 1.57. The van der Waals surface area contributed by atoms with Crippen molar-refractivity contribution >= 4 is 22.6 Å². The molecule has 0 saturated heterocycles. The lowest BCUT2D eigenvalue weighted by atomic mass is 10.1. The molecule has 0 radical (unpaired) electrons. The Labute approximate surface area is 196 Å². The zero-order valence-electron chi connectivity index (χ0n) is 20.0. The van der Waals surface area contributed by atoms with Gasteiger partial charge >= 0.3 is 5.97 Å². The van der Waals surface area contributed by atoms with E-state index < -0.39 is 5.97 Å². The maximum absolute atomic E-state index is 12.8. The van der Waals surface area contributed by atoms with E-state index in [-0.39, 0.29) is 12.2 Å². The van der Waals surface area contributed by atoms with Gasteiger partial charge in [0.25, 0.3) is 5.56 Å². The van der Waals surface area contributed by atoms with Crippen LogP contribution in [0.3, 0.4) is 0 Å². The number of esters is 1. The van der Waals surface area contributed by atoms with Crippen LogP contribution >= 0.6 is 0 Å². The Bertz CT molecular complexity index is 1420. The second kappa shape index (κ2) is 9.54. The van der Waals surface area contributed by atoms with Gasteiger partial charge < -0.3 is 14.2 Å². The van der Waals surface area contributed by atoms with Gasteiger partial charge in [-0.05, 0) is 49.6 Å². The number of fused-ring (bicyclic) bond motifs is 3. The third kappa shape index (κ3) is 4.46. The van der Waals surface area contributed by atoms with Crippen molar-refractivity contribution in [2.75, 3.05) is 13.7 Å². The lowest BCUT2D eigenvalue weighted by Crippen LogP contribution is -2.20. The quantitative estimate of drug-likeness (QED) is 0.367. The molecule has 34 heavy (non-hydrogen) atoms. The van der Waals surface area contributed by atoms with Crippen molar-refractivity contribution in [1.29, 1.82) is 0 Å². The molecule has 2 aromatic carbocycles. The van der Waals surface area contributed by atoms with E-state index in [9.17, 15) is 9.59 Å². The molecular weight excluding hydrogens is 436 g/mol. The average molecular weight is 465 g/mol. The number of rotatable bonds is 8. The lowest BCUT2D eigenvalue weighted by Gasteiger charge is -2.13. The molecule has 0 saturated carbocycles. The summed E-state index contributed by atoms with van der Waals surface area (Å²) in [5, 5.41) is 8.83. The molecule has 0 aliphatic rings. The third-order valence-corrected chi connectivity index (χ3v) is 5.63. The number of methoxy groups -OCH3 is 1. The van der Waals surface area contributed by atoms with Gasteiger partial charge in [0, 0.05) is 7.05 Å². The van der Waals surface area contributed by atoms with Crippen LogP contribution in [0.15, 0.2) is 41.2 Å². The van der Waals surface area contributed by atoms with Crippen molar-refractivity contribution < 1.29 is 19.0 Å². The minimum absolute atomic E-state index is 0.115. The smallest absolute Gasteiger partial charge is 0.338 e. The summed E-state index contributed by atoms with van der Waals surface area (Å²) in [5.41, 5.74) is 1.79. The van der Waals surface area contributed by atoms with Crippen molar-refractivity contribution in [1.82, 2.24) is 19.2 Å². The molecule has 0 spiro atoms. The predicted molar refractivity (Wildman–Crippen MR) is 128 cm³/mol. The topological polar surface area (TPSA) is 97.0 Å². The van der Waals surface area contributed by atoms with Crippen LogP contribution in [0.4, 0.5) is 0 Å². The molecule has 2 heterocycles. The number of hydrogen-bond donors (Lipinski definition) is 0. The van der Waals surface area contributed by atoms with Crippen molar-refractivity contribution in [2.24, 2.45) is 13.0 Å². The number of hydrogen-bond acceptors (Lipinski definition) is 7. The summed E-state index contributed by atoms with van der Waals surface area (Å²) < 4.78 is 19.9. The summed E-state index contributed by atoms with van der Waals surface area (Å²) in [4.78, 5) is 25.5. The van der Waals surface area contributed by atoms with E-state index in [1.165, 1.54) is 11.7 Å². The number of ether oxygens (including phenoxy) is 3. The SMILES string of the molecule is COc1cc(C(=O)OCc2nnc3n(C)c(=O)c4cc(C)ccc4n23)ccc1OCCC(C)C. The molecule has 0 unspecified atom stereocenters. The zero-order valence-corrected chi connectivity index (χ0v) is 20.0. The number of carbonyl (C=O) groups excluding carboxylic acids is 1. The maximum Gasteiger partial charge on any atom is 0.338 e. The first-order chi connectivity index (χ1) is 16.3. The standard InChI is InChI=1S/C25H28N4O5/c1-15(2)10-11-33-20-9-7-17(13-21(20)32-5)24(31)34-14-22-26-27-25-28(4)23(30)18-12-16(3)6-8-19(18)29(22)25/h6-9,12-13,15H,10-11,14H2,1-5H3. The largest absolute Gasteiger partial charge is 0.493 e. The maximum atomic E-state index is 12.8. The Kier molecular flexibility index (Phi) is 6.54. The first-order valence-electron chi connectivity index (χ1n) is 11.1. The van der Waals surface area contributed by atoms with Crippen LogP contribution in [-0.2, 0) is 18.4 Å². The van der Waals surface area contributed by atoms with E-state index in [4.69, 9.17) is 14.2 Å². The van der Waals surface area contributed by atoms with Crippen LogP contribution in [0.2, 0.25) is 0 Å². The molecule has 0 bridgehead atoms. The minimum atomic E-state index is -0.534. The number of carbonyl (C=O) groups is 1. The van der Waals surface area contributed by atoms with Crippen molar-refractivity contribution in [2.45, 2.75) is 33.8 Å². The molecule has 9 heteroatoms. The second-order valence-electron chi connectivity index (χ2n) is 8.61. The Hall–Kier alpha value is -3.88. The van der Waals surface area contributed by atoms with Crippen molar-refractivity contribution in [3.63, 3.8) is 0 Å². The van der Waals surface area contributed by atoms with Gasteiger partial charge in [-0.3, -0.25) is 13.8 Å². The fraction of sp³-hybridized carbons (Fsp3) is 0.360. The monoisotopic (exact) mass is 464 g/mol. The summed E-state index contributed by atoms with van der Waals surface area (Å²) in [6, 6.07) is 10.5. The fourth-order valence-electron chi connectivity index (χ4n) is 3.68.